The van der Waals surface area contributed by atoms with E-state index < -0.39 is 60.2 Å². The predicted octanol–water partition coefficient (Wildman–Crippen LogP) is 3.88. The zero-order valence-electron chi connectivity index (χ0n) is 18.3. The number of piperidine rings is 2. The van der Waals surface area contributed by atoms with E-state index in [0.29, 0.717) is 31.7 Å². The van der Waals surface area contributed by atoms with Crippen molar-refractivity contribution in [3.8, 4) is 0 Å². The van der Waals surface area contributed by atoms with Gasteiger partial charge in [0.1, 0.15) is 5.82 Å². The van der Waals surface area contributed by atoms with E-state index >= 15 is 0 Å². The number of hydrogen-bond acceptors (Lipinski definition) is 7. The molecule has 35 heavy (non-hydrogen) atoms. The Hall–Kier alpha value is -3.45. The summed E-state index contributed by atoms with van der Waals surface area (Å²) in [5.41, 5.74) is -1.45. The number of alkyl halides is 5. The average molecular weight is 503 g/mol. The number of carbonyl (C=O) groups excluding carboxylic acids is 1. The minimum absolute atomic E-state index is 0.0999. The number of rotatable bonds is 5. The highest BCUT2D eigenvalue weighted by Crippen LogP contribution is 2.36. The number of carboxylic acid groups (broad SMARTS) is 1. The van der Waals surface area contributed by atoms with Crippen LogP contribution in [-0.4, -0.2) is 59.1 Å². The minimum atomic E-state index is -5.00. The Morgan fingerprint density at radius 3 is 2.29 bits per heavy atom. The highest BCUT2D eigenvalue weighted by atomic mass is 19.4. The fourth-order valence-electron chi connectivity index (χ4n) is 4.01. The number of pyridine rings is 1. The number of nitrogens with one attached hydrogen (secondary N) is 1. The van der Waals surface area contributed by atoms with Crippen molar-refractivity contribution in [1.82, 2.24) is 9.97 Å². The van der Waals surface area contributed by atoms with Crippen molar-refractivity contribution in [2.45, 2.75) is 37.8 Å². The van der Waals surface area contributed by atoms with Gasteiger partial charge in [-0.2, -0.15) is 18.2 Å². The maximum atomic E-state index is 13.5. The van der Waals surface area contributed by atoms with Gasteiger partial charge in [0.15, 0.2) is 5.69 Å². The van der Waals surface area contributed by atoms with Gasteiger partial charge in [-0.1, -0.05) is 0 Å². The third-order valence-electron chi connectivity index (χ3n) is 6.03. The first-order valence-electron chi connectivity index (χ1n) is 10.9. The van der Waals surface area contributed by atoms with Crippen LogP contribution in [0.15, 0.2) is 22.7 Å². The van der Waals surface area contributed by atoms with Gasteiger partial charge in [-0.15, -0.1) is 0 Å². The molecule has 4 heterocycles. The predicted molar refractivity (Wildman–Crippen MR) is 113 cm³/mol. The van der Waals surface area contributed by atoms with Crippen LogP contribution >= 0.6 is 0 Å². The van der Waals surface area contributed by atoms with Crippen molar-refractivity contribution in [3.63, 3.8) is 0 Å². The fourth-order valence-corrected chi connectivity index (χ4v) is 4.01. The molecule has 2 aromatic rings. The van der Waals surface area contributed by atoms with Crippen LogP contribution in [0.3, 0.4) is 0 Å². The molecule has 2 N–H and O–H groups in total. The summed E-state index contributed by atoms with van der Waals surface area (Å²) in [4.78, 5) is 34.3. The SMILES string of the molecule is O=C(Nc1ccc(N2CCC(C(=O)O)CC2)nc1)c1oc(N2CCC(F)(F)CC2)nc1C(F)(F)F. The van der Waals surface area contributed by atoms with Gasteiger partial charge in [-0.25, -0.2) is 13.8 Å². The van der Waals surface area contributed by atoms with Crippen molar-refractivity contribution < 1.29 is 41.1 Å². The van der Waals surface area contributed by atoms with Crippen LogP contribution in [0.2, 0.25) is 0 Å². The molecule has 2 saturated heterocycles. The molecule has 1 amide bonds. The normalized spacial score (nSPS) is 19.0. The first-order chi connectivity index (χ1) is 16.4. The number of oxazole rings is 1. The number of amides is 1. The number of anilines is 3. The molecule has 2 fully saturated rings. The van der Waals surface area contributed by atoms with Crippen LogP contribution in [-0.2, 0) is 11.0 Å². The largest absolute Gasteiger partial charge is 0.481 e. The number of carbonyl (C=O) groups is 2. The Labute approximate surface area is 195 Å². The third kappa shape index (κ3) is 5.62. The van der Waals surface area contributed by atoms with E-state index in [0.717, 1.165) is 4.90 Å². The quantitative estimate of drug-likeness (QED) is 0.592. The summed E-state index contributed by atoms with van der Waals surface area (Å²) in [6.07, 6.45) is -3.96. The Morgan fingerprint density at radius 1 is 1.09 bits per heavy atom. The first kappa shape index (κ1) is 24.7. The van der Waals surface area contributed by atoms with Gasteiger partial charge in [0.2, 0.25) is 5.76 Å². The number of hydrogen-bond donors (Lipinski definition) is 2. The molecule has 9 nitrogen and oxygen atoms in total. The minimum Gasteiger partial charge on any atom is -0.481 e. The summed E-state index contributed by atoms with van der Waals surface area (Å²) in [6.45, 7) is 0.434. The lowest BCUT2D eigenvalue weighted by Gasteiger charge is -2.31. The summed E-state index contributed by atoms with van der Waals surface area (Å²) < 4.78 is 72.3. The molecule has 0 spiro atoms. The van der Waals surface area contributed by atoms with Crippen LogP contribution in [0, 0.1) is 5.92 Å². The van der Waals surface area contributed by atoms with Crippen LogP contribution in [0.1, 0.15) is 41.9 Å². The summed E-state index contributed by atoms with van der Waals surface area (Å²) in [7, 11) is 0. The number of halogens is 5. The van der Waals surface area contributed by atoms with Gasteiger partial charge in [0.05, 0.1) is 17.8 Å². The lowest BCUT2D eigenvalue weighted by atomic mass is 9.97. The molecule has 0 aromatic carbocycles. The van der Waals surface area contributed by atoms with E-state index in [4.69, 9.17) is 9.52 Å². The van der Waals surface area contributed by atoms with Gasteiger partial charge in [-0.05, 0) is 25.0 Å². The van der Waals surface area contributed by atoms with Gasteiger partial charge >= 0.3 is 12.1 Å². The van der Waals surface area contributed by atoms with Crippen LogP contribution in [0.25, 0.3) is 0 Å². The van der Waals surface area contributed by atoms with E-state index in [1.54, 1.807) is 6.07 Å². The highest BCUT2D eigenvalue weighted by molar-refractivity contribution is 6.03. The number of aromatic nitrogens is 2. The van der Waals surface area contributed by atoms with Crippen LogP contribution < -0.4 is 15.1 Å². The Kier molecular flexibility index (Phi) is 6.56. The van der Waals surface area contributed by atoms with Gasteiger partial charge < -0.3 is 24.6 Å². The second-order valence-corrected chi connectivity index (χ2v) is 8.47. The number of nitrogens with zero attached hydrogens (tertiary/aromatic N) is 4. The standard InChI is InChI=1S/C21H22F5N5O4/c22-20(23)5-9-31(10-6-20)19-29-16(21(24,25)26)15(35-19)17(32)28-13-1-2-14(27-11-13)30-7-3-12(4-8-30)18(33)34/h1-2,11-12H,3-10H2,(H,28,32)(H,33,34). The Bertz CT molecular complexity index is 1070. The average Bonchev–Trinajstić information content (AvgIpc) is 3.26. The smallest absolute Gasteiger partial charge is 0.437 e. The number of aliphatic carboxylic acids is 1. The van der Waals surface area contributed by atoms with Crippen molar-refractivity contribution >= 4 is 29.4 Å². The molecule has 2 aromatic heterocycles. The monoisotopic (exact) mass is 503 g/mol. The lowest BCUT2D eigenvalue weighted by molar-refractivity contribution is -0.142. The molecule has 0 atom stereocenters. The fraction of sp³-hybridized carbons (Fsp3) is 0.524. The molecule has 0 unspecified atom stereocenters. The van der Waals surface area contributed by atoms with E-state index in [2.05, 4.69) is 15.3 Å². The lowest BCUT2D eigenvalue weighted by Crippen LogP contribution is -2.39. The molecular weight excluding hydrogens is 481 g/mol. The molecular formula is C21H22F5N5O4. The van der Waals surface area contributed by atoms with Crippen molar-refractivity contribution in [2.75, 3.05) is 41.3 Å². The molecule has 2 aliphatic rings. The summed E-state index contributed by atoms with van der Waals surface area (Å²) >= 11 is 0. The van der Waals surface area contributed by atoms with Crippen molar-refractivity contribution in [3.05, 3.63) is 29.8 Å². The van der Waals surface area contributed by atoms with Crippen molar-refractivity contribution in [1.29, 1.82) is 0 Å². The molecule has 14 heteroatoms. The molecule has 2 aliphatic heterocycles. The highest BCUT2D eigenvalue weighted by Gasteiger charge is 2.43. The number of carboxylic acids is 1. The first-order valence-corrected chi connectivity index (χ1v) is 10.9. The topological polar surface area (TPSA) is 112 Å². The molecule has 4 rings (SSSR count). The zero-order valence-corrected chi connectivity index (χ0v) is 18.3. The van der Waals surface area contributed by atoms with E-state index in [1.807, 2.05) is 4.90 Å². The van der Waals surface area contributed by atoms with Crippen LogP contribution in [0.5, 0.6) is 0 Å². The molecule has 0 aliphatic carbocycles. The maximum Gasteiger partial charge on any atom is 0.437 e. The van der Waals surface area contributed by atoms with E-state index in [9.17, 15) is 31.5 Å². The van der Waals surface area contributed by atoms with Crippen LogP contribution in [0.4, 0.5) is 39.5 Å². The second kappa shape index (κ2) is 9.30. The molecule has 0 saturated carbocycles. The zero-order chi connectivity index (χ0) is 25.4. The Morgan fingerprint density at radius 2 is 1.74 bits per heavy atom. The Balaban J connectivity index is 1.45. The molecule has 190 valence electrons. The van der Waals surface area contributed by atoms with Gasteiger partial charge in [0.25, 0.3) is 17.8 Å². The summed E-state index contributed by atoms with van der Waals surface area (Å²) in [5, 5.41) is 11.4. The summed E-state index contributed by atoms with van der Waals surface area (Å²) in [6, 6.07) is 2.46. The van der Waals surface area contributed by atoms with Crippen molar-refractivity contribution in [2.24, 2.45) is 5.92 Å². The maximum absolute atomic E-state index is 13.5. The summed E-state index contributed by atoms with van der Waals surface area (Å²) in [5.74, 6) is -5.93. The van der Waals surface area contributed by atoms with E-state index in [1.165, 1.54) is 12.3 Å². The van der Waals surface area contributed by atoms with Gasteiger partial charge in [0, 0.05) is 39.0 Å². The molecule has 0 radical (unpaired) electrons. The van der Waals surface area contributed by atoms with Gasteiger partial charge in [-0.3, -0.25) is 9.59 Å². The van der Waals surface area contributed by atoms with E-state index in [-0.39, 0.29) is 18.8 Å². The second-order valence-electron chi connectivity index (χ2n) is 8.47. The molecule has 0 bridgehead atoms. The third-order valence-corrected chi connectivity index (χ3v) is 6.03.